The van der Waals surface area contributed by atoms with Crippen molar-refractivity contribution in [2.45, 2.75) is 46.0 Å². The second-order valence-electron chi connectivity index (χ2n) is 5.14. The van der Waals surface area contributed by atoms with Gasteiger partial charge in [-0.25, -0.2) is 9.97 Å². The van der Waals surface area contributed by atoms with Crippen LogP contribution in [0.2, 0.25) is 0 Å². The highest BCUT2D eigenvalue weighted by atomic mass is 32.1. The summed E-state index contributed by atoms with van der Waals surface area (Å²) in [5, 5.41) is 3.25. The Morgan fingerprint density at radius 1 is 1.21 bits per heavy atom. The summed E-state index contributed by atoms with van der Waals surface area (Å²) in [5.74, 6) is 1.50. The van der Waals surface area contributed by atoms with Gasteiger partial charge in [-0.05, 0) is 12.3 Å². The largest absolute Gasteiger partial charge is 0.388 e. The van der Waals surface area contributed by atoms with E-state index in [4.69, 9.17) is 18.0 Å². The standard InChI is InChI=1S/C14H24N4S/c1-11(2)7-5-3-4-6-8-17-14-12(13(15)19)16-9-10-18-14/h9-11H,3-8H2,1-2H3,(H2,15,19)(H,17,18). The number of nitrogens with zero attached hydrogens (tertiary/aromatic N) is 2. The fourth-order valence-corrected chi connectivity index (χ4v) is 2.04. The van der Waals surface area contributed by atoms with Crippen LogP contribution in [0.15, 0.2) is 12.4 Å². The zero-order valence-corrected chi connectivity index (χ0v) is 12.7. The van der Waals surface area contributed by atoms with Crippen LogP contribution in [0.4, 0.5) is 5.82 Å². The topological polar surface area (TPSA) is 63.8 Å². The van der Waals surface area contributed by atoms with Crippen LogP contribution >= 0.6 is 12.2 Å². The monoisotopic (exact) mass is 280 g/mol. The van der Waals surface area contributed by atoms with E-state index in [0.717, 1.165) is 18.9 Å². The van der Waals surface area contributed by atoms with Gasteiger partial charge in [0.2, 0.25) is 0 Å². The van der Waals surface area contributed by atoms with Crippen molar-refractivity contribution in [2.75, 3.05) is 11.9 Å². The average Bonchev–Trinajstić information content (AvgIpc) is 2.37. The first kappa shape index (κ1) is 15.8. The highest BCUT2D eigenvalue weighted by Crippen LogP contribution is 2.11. The summed E-state index contributed by atoms with van der Waals surface area (Å²) in [6.07, 6.45) is 9.55. The molecule has 0 aromatic carbocycles. The fraction of sp³-hybridized carbons (Fsp3) is 0.643. The van der Waals surface area contributed by atoms with Crippen LogP contribution in [0.1, 0.15) is 51.6 Å². The van der Waals surface area contributed by atoms with E-state index >= 15 is 0 Å². The molecule has 0 spiro atoms. The number of thiocarbonyl (C=S) groups is 1. The SMILES string of the molecule is CC(C)CCCCCCNc1nccnc1C(N)=S. The van der Waals surface area contributed by atoms with Crippen LogP contribution in [-0.4, -0.2) is 21.5 Å². The average molecular weight is 280 g/mol. The molecule has 1 rings (SSSR count). The maximum Gasteiger partial charge on any atom is 0.155 e. The maximum atomic E-state index is 5.60. The van der Waals surface area contributed by atoms with Crippen molar-refractivity contribution in [3.63, 3.8) is 0 Å². The van der Waals surface area contributed by atoms with Crippen molar-refractivity contribution in [3.8, 4) is 0 Å². The molecule has 0 amide bonds. The first-order chi connectivity index (χ1) is 9.11. The Bertz CT molecular complexity index is 393. The van der Waals surface area contributed by atoms with Crippen LogP contribution in [-0.2, 0) is 0 Å². The van der Waals surface area contributed by atoms with E-state index in [0.29, 0.717) is 11.5 Å². The van der Waals surface area contributed by atoms with Crippen LogP contribution in [0, 0.1) is 5.92 Å². The molecule has 0 saturated carbocycles. The molecule has 0 atom stereocenters. The molecule has 0 fully saturated rings. The maximum absolute atomic E-state index is 5.60. The van der Waals surface area contributed by atoms with E-state index in [-0.39, 0.29) is 4.99 Å². The van der Waals surface area contributed by atoms with Gasteiger partial charge in [0.05, 0.1) is 0 Å². The molecule has 0 aliphatic rings. The number of hydrogen-bond donors (Lipinski definition) is 2. The van der Waals surface area contributed by atoms with Crippen molar-refractivity contribution in [2.24, 2.45) is 11.7 Å². The van der Waals surface area contributed by atoms with Crippen LogP contribution in [0.5, 0.6) is 0 Å². The van der Waals surface area contributed by atoms with Gasteiger partial charge in [0.15, 0.2) is 5.82 Å². The number of rotatable bonds is 9. The predicted octanol–water partition coefficient (Wildman–Crippen LogP) is 3.13. The Hall–Kier alpha value is -1.23. The Morgan fingerprint density at radius 2 is 1.89 bits per heavy atom. The number of unbranched alkanes of at least 4 members (excludes halogenated alkanes) is 3. The van der Waals surface area contributed by atoms with Gasteiger partial charge < -0.3 is 11.1 Å². The molecular formula is C14H24N4S. The van der Waals surface area contributed by atoms with Gasteiger partial charge in [-0.2, -0.15) is 0 Å². The van der Waals surface area contributed by atoms with Gasteiger partial charge in [-0.15, -0.1) is 0 Å². The van der Waals surface area contributed by atoms with E-state index in [1.165, 1.54) is 25.7 Å². The molecule has 0 unspecified atom stereocenters. The van der Waals surface area contributed by atoms with E-state index in [1.54, 1.807) is 12.4 Å². The third kappa shape index (κ3) is 6.47. The molecule has 1 aromatic rings. The molecule has 0 radical (unpaired) electrons. The van der Waals surface area contributed by atoms with Gasteiger partial charge in [-0.3, -0.25) is 0 Å². The van der Waals surface area contributed by atoms with Crippen LogP contribution < -0.4 is 11.1 Å². The van der Waals surface area contributed by atoms with Gasteiger partial charge in [-0.1, -0.05) is 51.7 Å². The van der Waals surface area contributed by atoms with Crippen molar-refractivity contribution in [3.05, 3.63) is 18.1 Å². The van der Waals surface area contributed by atoms with Crippen molar-refractivity contribution in [1.82, 2.24) is 9.97 Å². The normalized spacial score (nSPS) is 10.7. The zero-order valence-electron chi connectivity index (χ0n) is 11.9. The minimum absolute atomic E-state index is 0.285. The summed E-state index contributed by atoms with van der Waals surface area (Å²) >= 11 is 4.95. The first-order valence-corrected chi connectivity index (χ1v) is 7.36. The highest BCUT2D eigenvalue weighted by Gasteiger charge is 2.06. The van der Waals surface area contributed by atoms with E-state index in [9.17, 15) is 0 Å². The van der Waals surface area contributed by atoms with Crippen molar-refractivity contribution >= 4 is 23.0 Å². The summed E-state index contributed by atoms with van der Waals surface area (Å²) in [6.45, 7) is 5.43. The third-order valence-corrected chi connectivity index (χ3v) is 3.13. The molecule has 4 nitrogen and oxygen atoms in total. The van der Waals surface area contributed by atoms with Crippen molar-refractivity contribution < 1.29 is 0 Å². The molecule has 3 N–H and O–H groups in total. The van der Waals surface area contributed by atoms with E-state index in [1.807, 2.05) is 0 Å². The van der Waals surface area contributed by atoms with Crippen molar-refractivity contribution in [1.29, 1.82) is 0 Å². The molecule has 5 heteroatoms. The summed E-state index contributed by atoms with van der Waals surface area (Å²) in [7, 11) is 0. The summed E-state index contributed by atoms with van der Waals surface area (Å²) in [6, 6.07) is 0. The molecule has 0 aliphatic heterocycles. The minimum Gasteiger partial charge on any atom is -0.388 e. The second kappa shape index (κ2) is 8.80. The Morgan fingerprint density at radius 3 is 2.58 bits per heavy atom. The lowest BCUT2D eigenvalue weighted by Crippen LogP contribution is -2.16. The molecular weight excluding hydrogens is 256 g/mol. The zero-order chi connectivity index (χ0) is 14.1. The molecule has 0 bridgehead atoms. The summed E-state index contributed by atoms with van der Waals surface area (Å²) in [4.78, 5) is 8.64. The number of anilines is 1. The minimum atomic E-state index is 0.285. The molecule has 106 valence electrons. The molecule has 0 saturated heterocycles. The van der Waals surface area contributed by atoms with Gasteiger partial charge in [0, 0.05) is 18.9 Å². The predicted molar refractivity (Wildman–Crippen MR) is 84.3 cm³/mol. The third-order valence-electron chi connectivity index (χ3n) is 2.93. The Balaban J connectivity index is 2.21. The molecule has 19 heavy (non-hydrogen) atoms. The second-order valence-corrected chi connectivity index (χ2v) is 5.58. The smallest absolute Gasteiger partial charge is 0.155 e. The fourth-order valence-electron chi connectivity index (χ4n) is 1.89. The van der Waals surface area contributed by atoms with Crippen LogP contribution in [0.3, 0.4) is 0 Å². The molecule has 1 heterocycles. The lowest BCUT2D eigenvalue weighted by atomic mass is 10.0. The van der Waals surface area contributed by atoms with E-state index in [2.05, 4.69) is 29.1 Å². The lowest BCUT2D eigenvalue weighted by molar-refractivity contribution is 0.523. The Kier molecular flexibility index (Phi) is 7.33. The number of nitrogens with one attached hydrogen (secondary N) is 1. The van der Waals surface area contributed by atoms with Gasteiger partial charge in [0.25, 0.3) is 0 Å². The highest BCUT2D eigenvalue weighted by molar-refractivity contribution is 7.80. The number of aromatic nitrogens is 2. The quantitative estimate of drug-likeness (QED) is 0.537. The number of nitrogens with two attached hydrogens (primary N) is 1. The van der Waals surface area contributed by atoms with Gasteiger partial charge >= 0.3 is 0 Å². The number of hydrogen-bond acceptors (Lipinski definition) is 4. The first-order valence-electron chi connectivity index (χ1n) is 6.96. The molecule has 0 aliphatic carbocycles. The molecule has 1 aromatic heterocycles. The summed E-state index contributed by atoms with van der Waals surface area (Å²) in [5.41, 5.74) is 6.18. The summed E-state index contributed by atoms with van der Waals surface area (Å²) < 4.78 is 0. The van der Waals surface area contributed by atoms with Gasteiger partial charge in [0.1, 0.15) is 10.7 Å². The van der Waals surface area contributed by atoms with E-state index < -0.39 is 0 Å². The lowest BCUT2D eigenvalue weighted by Gasteiger charge is -2.09. The van der Waals surface area contributed by atoms with Crippen LogP contribution in [0.25, 0.3) is 0 Å². The Labute approximate surface area is 121 Å².